The third kappa shape index (κ3) is 6.15. The molecule has 0 radical (unpaired) electrons. The zero-order valence-electron chi connectivity index (χ0n) is 23.7. The fourth-order valence-corrected chi connectivity index (χ4v) is 7.09. The Morgan fingerprint density at radius 1 is 1.05 bits per heavy atom. The standard InChI is InChI=1S/C30H40F2N2O7/c1-29(28(37)38)7-5-19(6-8-29)41-23-14-20(22(39-2)15-21(23)31)26(35)34-25-18-4-3-17(13-18)24(25)27(36)33-16-30(32)9-11-40-12-10-30/h14-15,17-19,24-25H,3-13,16H2,1-2H3,(H,33,36)(H,34,35)(H,37,38)/t17-,18+,19?,24+,25-,29?/m1/s1. The van der Waals surface area contributed by atoms with Gasteiger partial charge < -0.3 is 30.0 Å². The van der Waals surface area contributed by atoms with Gasteiger partial charge in [-0.15, -0.1) is 0 Å². The molecule has 3 N–H and O–H groups in total. The van der Waals surface area contributed by atoms with Crippen LogP contribution in [0.4, 0.5) is 8.78 Å². The van der Waals surface area contributed by atoms with Gasteiger partial charge in [-0.1, -0.05) is 0 Å². The first-order valence-corrected chi connectivity index (χ1v) is 14.6. The summed E-state index contributed by atoms with van der Waals surface area (Å²) in [6, 6.07) is 1.99. The number of nitrogens with one attached hydrogen (secondary N) is 2. The van der Waals surface area contributed by atoms with Crippen LogP contribution in [0.5, 0.6) is 11.5 Å². The molecule has 2 amide bonds. The Bertz CT molecular complexity index is 1160. The lowest BCUT2D eigenvalue weighted by atomic mass is 9.75. The zero-order chi connectivity index (χ0) is 29.4. The Morgan fingerprint density at radius 2 is 1.73 bits per heavy atom. The molecule has 2 bridgehead atoms. The molecule has 1 saturated heterocycles. The summed E-state index contributed by atoms with van der Waals surface area (Å²) in [5, 5.41) is 15.3. The maximum atomic E-state index is 15.1. The van der Waals surface area contributed by atoms with Crippen LogP contribution in [-0.4, -0.2) is 67.6 Å². The molecule has 41 heavy (non-hydrogen) atoms. The van der Waals surface area contributed by atoms with Crippen LogP contribution in [-0.2, 0) is 14.3 Å². The Balaban J connectivity index is 1.27. The topological polar surface area (TPSA) is 123 Å². The molecule has 1 aliphatic heterocycles. The lowest BCUT2D eigenvalue weighted by Crippen LogP contribution is -2.52. The van der Waals surface area contributed by atoms with Gasteiger partial charge in [-0.25, -0.2) is 8.78 Å². The highest BCUT2D eigenvalue weighted by molar-refractivity contribution is 5.98. The number of amides is 2. The van der Waals surface area contributed by atoms with Crippen LogP contribution in [0, 0.1) is 29.0 Å². The van der Waals surface area contributed by atoms with Gasteiger partial charge in [0.2, 0.25) is 5.91 Å². The van der Waals surface area contributed by atoms with Gasteiger partial charge in [-0.05, 0) is 69.8 Å². The lowest BCUT2D eigenvalue weighted by Gasteiger charge is -2.34. The summed E-state index contributed by atoms with van der Waals surface area (Å²) in [7, 11) is 1.34. The van der Waals surface area contributed by atoms with Gasteiger partial charge in [-0.2, -0.15) is 0 Å². The number of carbonyl (C=O) groups excluding carboxylic acids is 2. The maximum Gasteiger partial charge on any atom is 0.309 e. The molecule has 5 rings (SSSR count). The van der Waals surface area contributed by atoms with Crippen molar-refractivity contribution in [2.75, 3.05) is 26.9 Å². The number of benzene rings is 1. The van der Waals surface area contributed by atoms with Crippen molar-refractivity contribution in [1.82, 2.24) is 10.6 Å². The summed E-state index contributed by atoms with van der Waals surface area (Å²) in [4.78, 5) is 38.4. The van der Waals surface area contributed by atoms with Crippen LogP contribution in [0.15, 0.2) is 12.1 Å². The molecule has 0 aromatic heterocycles. The van der Waals surface area contributed by atoms with Gasteiger partial charge in [0.15, 0.2) is 11.6 Å². The van der Waals surface area contributed by atoms with Crippen molar-refractivity contribution >= 4 is 17.8 Å². The highest BCUT2D eigenvalue weighted by Gasteiger charge is 2.52. The van der Waals surface area contributed by atoms with Crippen LogP contribution < -0.4 is 20.1 Å². The Kier molecular flexibility index (Phi) is 8.46. The zero-order valence-corrected chi connectivity index (χ0v) is 23.7. The van der Waals surface area contributed by atoms with Crippen molar-refractivity contribution < 1.29 is 42.5 Å². The summed E-state index contributed by atoms with van der Waals surface area (Å²) >= 11 is 0. The van der Waals surface area contributed by atoms with Crippen LogP contribution in [0.1, 0.15) is 75.1 Å². The molecule has 3 aliphatic carbocycles. The second kappa shape index (κ2) is 11.7. The molecular formula is C30H40F2N2O7. The predicted octanol–water partition coefficient (Wildman–Crippen LogP) is 4.03. The van der Waals surface area contributed by atoms with E-state index in [0.717, 1.165) is 25.3 Å². The number of methoxy groups -OCH3 is 1. The molecule has 226 valence electrons. The lowest BCUT2D eigenvalue weighted by molar-refractivity contribution is -0.150. The average molecular weight is 579 g/mol. The fraction of sp³-hybridized carbons (Fsp3) is 0.700. The second-order valence-electron chi connectivity index (χ2n) is 12.5. The normalized spacial score (nSPS) is 32.2. The number of rotatable bonds is 9. The number of alkyl halides is 1. The summed E-state index contributed by atoms with van der Waals surface area (Å²) in [5.74, 6) is -2.62. The van der Waals surface area contributed by atoms with Crippen molar-refractivity contribution in [3.05, 3.63) is 23.5 Å². The van der Waals surface area contributed by atoms with Gasteiger partial charge in [0.05, 0.1) is 36.7 Å². The Morgan fingerprint density at radius 3 is 2.39 bits per heavy atom. The van der Waals surface area contributed by atoms with E-state index in [1.165, 1.54) is 13.2 Å². The summed E-state index contributed by atoms with van der Waals surface area (Å²) in [6.07, 6.45) is 4.37. The predicted molar refractivity (Wildman–Crippen MR) is 144 cm³/mol. The van der Waals surface area contributed by atoms with E-state index in [1.807, 2.05) is 0 Å². The van der Waals surface area contributed by atoms with Crippen LogP contribution >= 0.6 is 0 Å². The highest BCUT2D eigenvalue weighted by atomic mass is 19.1. The first-order valence-electron chi connectivity index (χ1n) is 14.6. The smallest absolute Gasteiger partial charge is 0.309 e. The number of aliphatic carboxylic acids is 1. The second-order valence-corrected chi connectivity index (χ2v) is 12.5. The summed E-state index contributed by atoms with van der Waals surface area (Å²) in [6.45, 7) is 2.27. The van der Waals surface area contributed by atoms with Gasteiger partial charge >= 0.3 is 5.97 Å². The van der Waals surface area contributed by atoms with E-state index in [0.29, 0.717) is 38.9 Å². The largest absolute Gasteiger partial charge is 0.496 e. The summed E-state index contributed by atoms with van der Waals surface area (Å²) in [5.41, 5.74) is -2.24. The molecule has 1 heterocycles. The third-order valence-corrected chi connectivity index (χ3v) is 9.83. The molecule has 11 heteroatoms. The van der Waals surface area contributed by atoms with E-state index in [4.69, 9.17) is 14.2 Å². The number of hydrogen-bond donors (Lipinski definition) is 3. The fourth-order valence-electron chi connectivity index (χ4n) is 7.09. The molecule has 4 fully saturated rings. The van der Waals surface area contributed by atoms with Gasteiger partial charge in [0, 0.05) is 38.2 Å². The van der Waals surface area contributed by atoms with Crippen molar-refractivity contribution in [3.63, 3.8) is 0 Å². The van der Waals surface area contributed by atoms with Crippen molar-refractivity contribution in [2.24, 2.45) is 23.2 Å². The number of hydrogen-bond acceptors (Lipinski definition) is 6. The van der Waals surface area contributed by atoms with E-state index in [1.54, 1.807) is 6.92 Å². The van der Waals surface area contributed by atoms with Gasteiger partial charge in [0.1, 0.15) is 11.4 Å². The number of fused-ring (bicyclic) bond motifs is 2. The van der Waals surface area contributed by atoms with Crippen LogP contribution in [0.2, 0.25) is 0 Å². The molecule has 4 aliphatic rings. The minimum absolute atomic E-state index is 0.0393. The minimum Gasteiger partial charge on any atom is -0.496 e. The van der Waals surface area contributed by atoms with Gasteiger partial charge in [-0.3, -0.25) is 14.4 Å². The number of ether oxygens (including phenoxy) is 3. The van der Waals surface area contributed by atoms with E-state index in [-0.39, 0.29) is 60.3 Å². The maximum absolute atomic E-state index is 15.1. The molecule has 0 unspecified atom stereocenters. The molecule has 1 aromatic rings. The number of carboxylic acid groups (broad SMARTS) is 1. The molecule has 3 saturated carbocycles. The quantitative estimate of drug-likeness (QED) is 0.404. The minimum atomic E-state index is -1.49. The Labute approximate surface area is 238 Å². The number of carbonyl (C=O) groups is 3. The van der Waals surface area contributed by atoms with Crippen molar-refractivity contribution in [1.29, 1.82) is 0 Å². The average Bonchev–Trinajstić information content (AvgIpc) is 3.56. The van der Waals surface area contributed by atoms with Crippen LogP contribution in [0.3, 0.4) is 0 Å². The van der Waals surface area contributed by atoms with E-state index in [2.05, 4.69) is 10.6 Å². The SMILES string of the molecule is COc1cc(F)c(OC2CCC(C)(C(=O)O)CC2)cc1C(=O)N[C@@H]1[C@H]2CC[C@H](C2)[C@@H]1C(=O)NCC1(F)CCOCC1. The van der Waals surface area contributed by atoms with E-state index >= 15 is 4.39 Å². The molecule has 9 nitrogen and oxygen atoms in total. The van der Waals surface area contributed by atoms with E-state index < -0.39 is 40.7 Å². The first-order chi connectivity index (χ1) is 19.5. The van der Waals surface area contributed by atoms with Crippen molar-refractivity contribution in [2.45, 2.75) is 82.5 Å². The first kappa shape index (κ1) is 29.5. The summed E-state index contributed by atoms with van der Waals surface area (Å²) < 4.78 is 46.5. The molecular weight excluding hydrogens is 538 g/mol. The number of carboxylic acids is 1. The number of halogens is 2. The monoisotopic (exact) mass is 578 g/mol. The molecule has 0 spiro atoms. The molecule has 1 aromatic carbocycles. The van der Waals surface area contributed by atoms with Crippen molar-refractivity contribution in [3.8, 4) is 11.5 Å². The highest BCUT2D eigenvalue weighted by Crippen LogP contribution is 2.49. The van der Waals surface area contributed by atoms with Crippen LogP contribution in [0.25, 0.3) is 0 Å². The van der Waals surface area contributed by atoms with E-state index in [9.17, 15) is 23.9 Å². The third-order valence-electron chi connectivity index (χ3n) is 9.83. The van der Waals surface area contributed by atoms with Gasteiger partial charge in [0.25, 0.3) is 5.91 Å². The molecule has 4 atom stereocenters. The Hall–Kier alpha value is -2.95.